The number of amides is 1. The Morgan fingerprint density at radius 3 is 2.43 bits per heavy atom. The van der Waals surface area contributed by atoms with Gasteiger partial charge in [-0.3, -0.25) is 4.79 Å². The standard InChI is InChI=1S/C23H21NO4/c25-23(24-14-20-16-27-21-8-4-5-9-22(21)28-20)18-12-10-17(11-13-18)15-26-19-6-2-1-3-7-19/h1-13,20H,14-16H2,(H,24,25)/t20-/m1/s1. The molecule has 0 saturated carbocycles. The highest BCUT2D eigenvalue weighted by Gasteiger charge is 2.21. The van der Waals surface area contributed by atoms with Crippen LogP contribution in [0.15, 0.2) is 78.9 Å². The minimum absolute atomic E-state index is 0.141. The van der Waals surface area contributed by atoms with Crippen molar-refractivity contribution in [2.45, 2.75) is 12.7 Å². The molecule has 3 aromatic rings. The van der Waals surface area contributed by atoms with Crippen molar-refractivity contribution in [3.05, 3.63) is 90.0 Å². The molecule has 0 aromatic heterocycles. The first-order chi connectivity index (χ1) is 13.8. The number of hydrogen-bond acceptors (Lipinski definition) is 4. The van der Waals surface area contributed by atoms with Crippen LogP contribution >= 0.6 is 0 Å². The molecule has 1 aliphatic heterocycles. The highest BCUT2D eigenvalue weighted by Crippen LogP contribution is 2.30. The van der Waals surface area contributed by atoms with Gasteiger partial charge in [-0.05, 0) is 42.0 Å². The SMILES string of the molecule is O=C(NC[C@@H]1COc2ccccc2O1)c1ccc(COc2ccccc2)cc1. The van der Waals surface area contributed by atoms with Gasteiger partial charge >= 0.3 is 0 Å². The smallest absolute Gasteiger partial charge is 0.251 e. The van der Waals surface area contributed by atoms with Crippen LogP contribution in [0.4, 0.5) is 0 Å². The van der Waals surface area contributed by atoms with Gasteiger partial charge in [0.25, 0.3) is 5.91 Å². The number of nitrogens with one attached hydrogen (secondary N) is 1. The van der Waals surface area contributed by atoms with E-state index in [9.17, 15) is 4.79 Å². The van der Waals surface area contributed by atoms with Gasteiger partial charge in [0, 0.05) is 5.56 Å². The third-order valence-corrected chi connectivity index (χ3v) is 4.42. The maximum atomic E-state index is 12.4. The molecular formula is C23H21NO4. The molecule has 28 heavy (non-hydrogen) atoms. The Kier molecular flexibility index (Phi) is 5.43. The molecule has 4 rings (SSSR count). The molecule has 1 heterocycles. The highest BCUT2D eigenvalue weighted by atomic mass is 16.6. The summed E-state index contributed by atoms with van der Waals surface area (Å²) in [4.78, 5) is 12.4. The van der Waals surface area contributed by atoms with E-state index in [0.717, 1.165) is 17.1 Å². The Morgan fingerprint density at radius 1 is 0.929 bits per heavy atom. The van der Waals surface area contributed by atoms with E-state index in [1.807, 2.05) is 66.7 Å². The van der Waals surface area contributed by atoms with Crippen LogP contribution in [0.5, 0.6) is 17.2 Å². The Bertz CT molecular complexity index is 925. The van der Waals surface area contributed by atoms with E-state index in [4.69, 9.17) is 14.2 Å². The summed E-state index contributed by atoms with van der Waals surface area (Å²) in [5.41, 5.74) is 1.60. The number of benzene rings is 3. The van der Waals surface area contributed by atoms with Crippen molar-refractivity contribution < 1.29 is 19.0 Å². The lowest BCUT2D eigenvalue weighted by Crippen LogP contribution is -2.40. The summed E-state index contributed by atoms with van der Waals surface area (Å²) >= 11 is 0. The topological polar surface area (TPSA) is 56.8 Å². The summed E-state index contributed by atoms with van der Waals surface area (Å²) in [5.74, 6) is 2.12. The third-order valence-electron chi connectivity index (χ3n) is 4.42. The van der Waals surface area contributed by atoms with E-state index in [1.165, 1.54) is 0 Å². The number of carbonyl (C=O) groups is 1. The molecule has 0 bridgehead atoms. The number of fused-ring (bicyclic) bond motifs is 1. The minimum atomic E-state index is -0.211. The Hall–Kier alpha value is -3.47. The van der Waals surface area contributed by atoms with Crippen molar-refractivity contribution in [2.75, 3.05) is 13.2 Å². The van der Waals surface area contributed by atoms with Gasteiger partial charge in [0.1, 0.15) is 25.1 Å². The molecule has 0 fully saturated rings. The molecule has 5 heteroatoms. The van der Waals surface area contributed by atoms with E-state index in [-0.39, 0.29) is 12.0 Å². The first-order valence-corrected chi connectivity index (χ1v) is 9.21. The molecule has 0 spiro atoms. The van der Waals surface area contributed by atoms with Gasteiger partial charge in [0.2, 0.25) is 0 Å². The van der Waals surface area contributed by atoms with E-state index >= 15 is 0 Å². The van der Waals surface area contributed by atoms with E-state index in [0.29, 0.717) is 31.1 Å². The molecule has 5 nitrogen and oxygen atoms in total. The third kappa shape index (κ3) is 4.43. The Morgan fingerprint density at radius 2 is 1.64 bits per heavy atom. The quantitative estimate of drug-likeness (QED) is 0.711. The minimum Gasteiger partial charge on any atom is -0.489 e. The first-order valence-electron chi connectivity index (χ1n) is 9.21. The van der Waals surface area contributed by atoms with Gasteiger partial charge in [-0.25, -0.2) is 0 Å². The zero-order valence-corrected chi connectivity index (χ0v) is 15.3. The summed E-state index contributed by atoms with van der Waals surface area (Å²) in [7, 11) is 0. The molecular weight excluding hydrogens is 354 g/mol. The van der Waals surface area contributed by atoms with Crippen molar-refractivity contribution in [3.8, 4) is 17.2 Å². The van der Waals surface area contributed by atoms with Crippen LogP contribution in [-0.2, 0) is 6.61 Å². The molecule has 142 valence electrons. The zero-order chi connectivity index (χ0) is 19.2. The van der Waals surface area contributed by atoms with Crippen LogP contribution in [0.1, 0.15) is 15.9 Å². The lowest BCUT2D eigenvalue weighted by atomic mass is 10.1. The van der Waals surface area contributed by atoms with Crippen LogP contribution in [-0.4, -0.2) is 25.2 Å². The second-order valence-corrected chi connectivity index (χ2v) is 6.51. The fourth-order valence-corrected chi connectivity index (χ4v) is 2.91. The average molecular weight is 375 g/mol. The first kappa shape index (κ1) is 17.9. The molecule has 1 amide bonds. The number of carbonyl (C=O) groups excluding carboxylic acids is 1. The fraction of sp³-hybridized carbons (Fsp3) is 0.174. The highest BCUT2D eigenvalue weighted by molar-refractivity contribution is 5.94. The van der Waals surface area contributed by atoms with Gasteiger partial charge < -0.3 is 19.5 Å². The summed E-state index contributed by atoms with van der Waals surface area (Å²) in [6.45, 7) is 1.25. The summed E-state index contributed by atoms with van der Waals surface area (Å²) in [5, 5.41) is 2.90. The van der Waals surface area contributed by atoms with Crippen molar-refractivity contribution in [1.82, 2.24) is 5.32 Å². The second kappa shape index (κ2) is 8.48. The average Bonchev–Trinajstić information content (AvgIpc) is 2.77. The molecule has 1 atom stereocenters. The molecule has 1 aliphatic rings. The predicted octanol–water partition coefficient (Wildman–Crippen LogP) is 3.84. The van der Waals surface area contributed by atoms with Gasteiger partial charge in [-0.2, -0.15) is 0 Å². The second-order valence-electron chi connectivity index (χ2n) is 6.51. The van der Waals surface area contributed by atoms with Crippen molar-refractivity contribution in [3.63, 3.8) is 0 Å². The predicted molar refractivity (Wildman–Crippen MR) is 106 cm³/mol. The zero-order valence-electron chi connectivity index (χ0n) is 15.3. The van der Waals surface area contributed by atoms with Gasteiger partial charge in [0.15, 0.2) is 11.5 Å². The van der Waals surface area contributed by atoms with Gasteiger partial charge in [-0.15, -0.1) is 0 Å². The molecule has 0 unspecified atom stereocenters. The largest absolute Gasteiger partial charge is 0.489 e. The van der Waals surface area contributed by atoms with Crippen LogP contribution in [0.25, 0.3) is 0 Å². The summed E-state index contributed by atoms with van der Waals surface area (Å²) < 4.78 is 17.2. The lowest BCUT2D eigenvalue weighted by molar-refractivity contribution is 0.0789. The maximum absolute atomic E-state index is 12.4. The van der Waals surface area contributed by atoms with Gasteiger partial charge in [0.05, 0.1) is 6.54 Å². The number of hydrogen-bond donors (Lipinski definition) is 1. The van der Waals surface area contributed by atoms with Crippen LogP contribution < -0.4 is 19.5 Å². The van der Waals surface area contributed by atoms with E-state index in [1.54, 1.807) is 12.1 Å². The molecule has 0 aliphatic carbocycles. The van der Waals surface area contributed by atoms with E-state index < -0.39 is 0 Å². The Labute approximate surface area is 163 Å². The van der Waals surface area contributed by atoms with Crippen molar-refractivity contribution >= 4 is 5.91 Å². The maximum Gasteiger partial charge on any atom is 0.251 e. The molecule has 0 radical (unpaired) electrons. The van der Waals surface area contributed by atoms with Crippen LogP contribution in [0.3, 0.4) is 0 Å². The molecule has 1 N–H and O–H groups in total. The normalized spacial score (nSPS) is 14.9. The fourth-order valence-electron chi connectivity index (χ4n) is 2.91. The van der Waals surface area contributed by atoms with E-state index in [2.05, 4.69) is 5.32 Å². The van der Waals surface area contributed by atoms with Crippen LogP contribution in [0, 0.1) is 0 Å². The van der Waals surface area contributed by atoms with Gasteiger partial charge in [-0.1, -0.05) is 42.5 Å². The van der Waals surface area contributed by atoms with Crippen molar-refractivity contribution in [1.29, 1.82) is 0 Å². The lowest BCUT2D eigenvalue weighted by Gasteiger charge is -2.26. The number of rotatable bonds is 6. The molecule has 3 aromatic carbocycles. The summed E-state index contributed by atoms with van der Waals surface area (Å²) in [6.07, 6.45) is -0.211. The monoisotopic (exact) mass is 375 g/mol. The van der Waals surface area contributed by atoms with Crippen LogP contribution in [0.2, 0.25) is 0 Å². The molecule has 0 saturated heterocycles. The summed E-state index contributed by atoms with van der Waals surface area (Å²) in [6, 6.07) is 24.6. The number of ether oxygens (including phenoxy) is 3. The number of para-hydroxylation sites is 3. The Balaban J connectivity index is 1.27. The van der Waals surface area contributed by atoms with Crippen molar-refractivity contribution in [2.24, 2.45) is 0 Å².